The lowest BCUT2D eigenvalue weighted by Crippen LogP contribution is -2.22. The van der Waals surface area contributed by atoms with Crippen LogP contribution in [0.3, 0.4) is 0 Å². The van der Waals surface area contributed by atoms with Gasteiger partial charge in [-0.25, -0.2) is 12.7 Å². The van der Waals surface area contributed by atoms with Crippen molar-refractivity contribution in [3.05, 3.63) is 111 Å². The molecule has 0 aliphatic carbocycles. The van der Waals surface area contributed by atoms with Crippen molar-refractivity contribution in [1.29, 1.82) is 0 Å². The first-order valence-corrected chi connectivity index (χ1v) is 12.0. The van der Waals surface area contributed by atoms with Crippen LogP contribution < -0.4 is 5.43 Å². The minimum Gasteiger partial charge on any atom is -0.361 e. The summed E-state index contributed by atoms with van der Waals surface area (Å²) in [5, 5.41) is 0.619. The van der Waals surface area contributed by atoms with Crippen LogP contribution in [0.25, 0.3) is 10.9 Å². The molecule has 166 valence electrons. The average molecular weight is 457 g/mol. The van der Waals surface area contributed by atoms with Crippen molar-refractivity contribution in [2.75, 3.05) is 14.1 Å². The Bertz CT molecular complexity index is 1510. The summed E-state index contributed by atoms with van der Waals surface area (Å²) < 4.78 is 25.5. The fraction of sp³-hybridized carbons (Fsp3) is 0.148. The molecule has 0 fully saturated rings. The van der Waals surface area contributed by atoms with Crippen LogP contribution in [0, 0.1) is 11.8 Å². The number of nitrogens with zero attached hydrogens (tertiary/aromatic N) is 1. The van der Waals surface area contributed by atoms with Crippen LogP contribution in [0.15, 0.2) is 88.7 Å². The number of benzene rings is 3. The van der Waals surface area contributed by atoms with Crippen LogP contribution in [0.4, 0.5) is 0 Å². The fourth-order valence-electron chi connectivity index (χ4n) is 3.52. The second-order valence-electron chi connectivity index (χ2n) is 7.98. The van der Waals surface area contributed by atoms with E-state index >= 15 is 0 Å². The summed E-state index contributed by atoms with van der Waals surface area (Å²) in [6.07, 6.45) is 2.83. The van der Waals surface area contributed by atoms with Gasteiger partial charge in [-0.1, -0.05) is 54.3 Å². The number of sulfonamides is 1. The van der Waals surface area contributed by atoms with Gasteiger partial charge in [-0.2, -0.15) is 0 Å². The lowest BCUT2D eigenvalue weighted by Gasteiger charge is -2.11. The van der Waals surface area contributed by atoms with E-state index in [9.17, 15) is 13.2 Å². The molecule has 0 saturated heterocycles. The Kier molecular flexibility index (Phi) is 6.45. The van der Waals surface area contributed by atoms with Crippen LogP contribution in [0.1, 0.15) is 22.3 Å². The number of rotatable bonds is 5. The second kappa shape index (κ2) is 9.45. The lowest BCUT2D eigenvalue weighted by molar-refractivity contribution is 0.520. The van der Waals surface area contributed by atoms with Gasteiger partial charge in [-0.15, -0.1) is 0 Å². The highest BCUT2D eigenvalue weighted by molar-refractivity contribution is 7.89. The molecule has 0 spiro atoms. The molecule has 0 bridgehead atoms. The lowest BCUT2D eigenvalue weighted by atomic mass is 10.0. The molecule has 3 aromatic carbocycles. The highest BCUT2D eigenvalue weighted by Crippen LogP contribution is 2.15. The highest BCUT2D eigenvalue weighted by atomic mass is 32.2. The first-order valence-electron chi connectivity index (χ1n) is 10.5. The molecule has 1 aromatic heterocycles. The molecule has 0 radical (unpaired) electrons. The van der Waals surface area contributed by atoms with E-state index in [1.807, 2.05) is 48.5 Å². The van der Waals surface area contributed by atoms with Gasteiger partial charge in [0.05, 0.1) is 4.90 Å². The van der Waals surface area contributed by atoms with E-state index in [1.54, 1.807) is 30.5 Å². The molecule has 1 N–H and O–H groups in total. The Labute approximate surface area is 193 Å². The van der Waals surface area contributed by atoms with E-state index in [-0.39, 0.29) is 10.3 Å². The molecule has 0 aliphatic heterocycles. The summed E-state index contributed by atoms with van der Waals surface area (Å²) in [7, 11) is -0.425. The van der Waals surface area contributed by atoms with Gasteiger partial charge in [0, 0.05) is 55.2 Å². The van der Waals surface area contributed by atoms with E-state index in [2.05, 4.69) is 16.8 Å². The zero-order valence-corrected chi connectivity index (χ0v) is 19.3. The maximum atomic E-state index is 13.0. The minimum absolute atomic E-state index is 0.00828. The number of hydrogen-bond donors (Lipinski definition) is 1. The second-order valence-corrected chi connectivity index (χ2v) is 10.1. The van der Waals surface area contributed by atoms with Crippen molar-refractivity contribution < 1.29 is 8.42 Å². The van der Waals surface area contributed by atoms with Gasteiger partial charge in [0.2, 0.25) is 10.0 Å². The van der Waals surface area contributed by atoms with Gasteiger partial charge in [0.15, 0.2) is 5.43 Å². The molecule has 6 heteroatoms. The predicted octanol–water partition coefficient (Wildman–Crippen LogP) is 3.96. The predicted molar refractivity (Wildman–Crippen MR) is 132 cm³/mol. The average Bonchev–Trinajstić information content (AvgIpc) is 2.82. The van der Waals surface area contributed by atoms with Crippen molar-refractivity contribution in [3.8, 4) is 11.8 Å². The maximum Gasteiger partial charge on any atom is 0.242 e. The molecule has 5 nitrogen and oxygen atoms in total. The topological polar surface area (TPSA) is 70.2 Å². The third-order valence-corrected chi connectivity index (χ3v) is 7.25. The Morgan fingerprint density at radius 1 is 0.909 bits per heavy atom. The molecule has 0 amide bonds. The molecule has 33 heavy (non-hydrogen) atoms. The zero-order chi connectivity index (χ0) is 23.4. The summed E-state index contributed by atoms with van der Waals surface area (Å²) in [5.41, 5.74) is 4.27. The first kappa shape index (κ1) is 22.5. The van der Waals surface area contributed by atoms with Crippen molar-refractivity contribution in [2.45, 2.75) is 17.7 Å². The molecular weight excluding hydrogens is 432 g/mol. The zero-order valence-electron chi connectivity index (χ0n) is 18.5. The van der Waals surface area contributed by atoms with Crippen molar-refractivity contribution in [2.24, 2.45) is 0 Å². The Hall–Kier alpha value is -3.66. The van der Waals surface area contributed by atoms with Crippen LogP contribution in [0.2, 0.25) is 0 Å². The Balaban J connectivity index is 1.54. The van der Waals surface area contributed by atoms with Crippen LogP contribution >= 0.6 is 0 Å². The Morgan fingerprint density at radius 3 is 2.33 bits per heavy atom. The third kappa shape index (κ3) is 5.06. The fourth-order valence-corrected chi connectivity index (χ4v) is 4.43. The van der Waals surface area contributed by atoms with Gasteiger partial charge >= 0.3 is 0 Å². The van der Waals surface area contributed by atoms with E-state index in [4.69, 9.17) is 0 Å². The van der Waals surface area contributed by atoms with Crippen molar-refractivity contribution in [3.63, 3.8) is 0 Å². The number of fused-ring (bicyclic) bond motifs is 1. The molecule has 4 aromatic rings. The summed E-state index contributed by atoms with van der Waals surface area (Å²) >= 11 is 0. The quantitative estimate of drug-likeness (QED) is 0.462. The van der Waals surface area contributed by atoms with Gasteiger partial charge in [-0.05, 0) is 41.5 Å². The van der Waals surface area contributed by atoms with Gasteiger partial charge in [0.25, 0.3) is 0 Å². The van der Waals surface area contributed by atoms with E-state index in [0.29, 0.717) is 23.8 Å². The number of pyridine rings is 1. The summed E-state index contributed by atoms with van der Waals surface area (Å²) in [6.45, 7) is 0. The number of hydrogen-bond acceptors (Lipinski definition) is 3. The maximum absolute atomic E-state index is 13.0. The summed E-state index contributed by atoms with van der Waals surface area (Å²) in [5.74, 6) is 6.23. The number of nitrogens with one attached hydrogen (secondary N) is 1. The number of H-pyrrole nitrogens is 1. The SMILES string of the molecule is CN(C)S(=O)(=O)c1ccc(CC#Cc2ccc3[nH]cc(Cc4ccccc4)c(=O)c3c2)cc1. The van der Waals surface area contributed by atoms with E-state index < -0.39 is 10.0 Å². The third-order valence-electron chi connectivity index (χ3n) is 5.42. The molecule has 1 heterocycles. The molecular formula is C27H24N2O3S. The summed E-state index contributed by atoms with van der Waals surface area (Å²) in [6, 6.07) is 22.2. The monoisotopic (exact) mass is 456 g/mol. The Morgan fingerprint density at radius 2 is 1.64 bits per heavy atom. The van der Waals surface area contributed by atoms with Crippen molar-refractivity contribution >= 4 is 20.9 Å². The van der Waals surface area contributed by atoms with Gasteiger partial charge < -0.3 is 4.98 Å². The standard InChI is InChI=1S/C27H24N2O3S/c1-29(2)33(31,32)24-14-11-20(12-15-24)9-6-10-22-13-16-26-25(18-22)27(30)23(19-28-26)17-21-7-4-3-5-8-21/h3-5,7-8,11-16,18-19H,9,17H2,1-2H3,(H,28,30). The van der Waals surface area contributed by atoms with Crippen LogP contribution in [-0.4, -0.2) is 31.8 Å². The highest BCUT2D eigenvalue weighted by Gasteiger charge is 2.16. The molecule has 0 aliphatic rings. The van der Waals surface area contributed by atoms with Gasteiger partial charge in [0.1, 0.15) is 0 Å². The number of aromatic nitrogens is 1. The molecule has 0 atom stereocenters. The molecule has 0 saturated carbocycles. The van der Waals surface area contributed by atoms with E-state index in [1.165, 1.54) is 18.4 Å². The first-order chi connectivity index (χ1) is 15.8. The molecule has 0 unspecified atom stereocenters. The normalized spacial score (nSPS) is 11.4. The van der Waals surface area contributed by atoms with Crippen LogP contribution in [0.5, 0.6) is 0 Å². The number of aromatic amines is 1. The summed E-state index contributed by atoms with van der Waals surface area (Å²) in [4.78, 5) is 16.5. The smallest absolute Gasteiger partial charge is 0.242 e. The minimum atomic E-state index is -3.44. The van der Waals surface area contributed by atoms with Crippen LogP contribution in [-0.2, 0) is 22.9 Å². The van der Waals surface area contributed by atoms with E-state index in [0.717, 1.165) is 22.2 Å². The molecule has 4 rings (SSSR count). The largest absolute Gasteiger partial charge is 0.361 e. The van der Waals surface area contributed by atoms with Crippen molar-refractivity contribution in [1.82, 2.24) is 9.29 Å². The van der Waals surface area contributed by atoms with Gasteiger partial charge in [-0.3, -0.25) is 4.79 Å².